The largest absolute Gasteiger partial charge is 0.479 e. The van der Waals surface area contributed by atoms with Gasteiger partial charge in [-0.1, -0.05) is 0 Å². The molecular formula is C13H16FN3O2. The molecule has 0 spiro atoms. The molecule has 3 heterocycles. The Morgan fingerprint density at radius 2 is 2.16 bits per heavy atom. The van der Waals surface area contributed by atoms with Gasteiger partial charge in [0.05, 0.1) is 12.7 Å². The molecule has 0 aliphatic carbocycles. The highest BCUT2D eigenvalue weighted by molar-refractivity contribution is 5.95. The quantitative estimate of drug-likeness (QED) is 0.792. The average Bonchev–Trinajstić information content (AvgIpc) is 2.38. The minimum absolute atomic E-state index is 0.0833. The highest BCUT2D eigenvalue weighted by atomic mass is 19.1. The molecule has 0 N–H and O–H groups in total. The lowest BCUT2D eigenvalue weighted by Crippen LogP contribution is -2.69. The van der Waals surface area contributed by atoms with Crippen molar-refractivity contribution >= 4 is 5.91 Å². The summed E-state index contributed by atoms with van der Waals surface area (Å²) in [6.45, 7) is 1.77. The van der Waals surface area contributed by atoms with Crippen molar-refractivity contribution in [2.24, 2.45) is 0 Å². The molecule has 2 saturated heterocycles. The molecule has 1 aromatic rings. The van der Waals surface area contributed by atoms with Crippen LogP contribution in [0.5, 0.6) is 5.88 Å². The first kappa shape index (κ1) is 12.3. The molecule has 1 aromatic heterocycles. The second-order valence-electron chi connectivity index (χ2n) is 5.19. The normalized spacial score (nSPS) is 25.9. The summed E-state index contributed by atoms with van der Waals surface area (Å²) in [5, 5.41) is 0. The zero-order valence-electron chi connectivity index (χ0n) is 11.0. The van der Waals surface area contributed by atoms with Gasteiger partial charge in [0, 0.05) is 31.4 Å². The molecule has 2 fully saturated rings. The van der Waals surface area contributed by atoms with Crippen molar-refractivity contribution < 1.29 is 13.9 Å². The zero-order chi connectivity index (χ0) is 13.6. The summed E-state index contributed by atoms with van der Waals surface area (Å²) >= 11 is 0. The van der Waals surface area contributed by atoms with E-state index >= 15 is 0 Å². The summed E-state index contributed by atoms with van der Waals surface area (Å²) in [7, 11) is 3.40. The van der Waals surface area contributed by atoms with Crippen LogP contribution < -0.4 is 4.74 Å². The minimum atomic E-state index is -0.601. The van der Waals surface area contributed by atoms with E-state index in [2.05, 4.69) is 16.9 Å². The number of aromatic nitrogens is 1. The fourth-order valence-electron chi connectivity index (χ4n) is 2.99. The number of piperidine rings is 1. The van der Waals surface area contributed by atoms with Crippen LogP contribution in [-0.4, -0.2) is 60.0 Å². The first-order chi connectivity index (χ1) is 9.10. The molecule has 0 aromatic carbocycles. The van der Waals surface area contributed by atoms with E-state index in [-0.39, 0.29) is 29.4 Å². The van der Waals surface area contributed by atoms with E-state index in [1.807, 2.05) is 4.90 Å². The standard InChI is InChI=1S/C13H16FN3O2/c1-16-6-9-4-10(7-16)17(9)13(18)8-3-11(14)12(19-2)15-5-8/h3,5,9-10H,4,6-7H2,1-2H3. The van der Waals surface area contributed by atoms with Crippen LogP contribution in [0.3, 0.4) is 0 Å². The number of piperazine rings is 1. The lowest BCUT2D eigenvalue weighted by Gasteiger charge is -2.55. The topological polar surface area (TPSA) is 45.7 Å². The molecule has 3 rings (SSSR count). The molecule has 2 bridgehead atoms. The van der Waals surface area contributed by atoms with E-state index < -0.39 is 5.82 Å². The summed E-state index contributed by atoms with van der Waals surface area (Å²) in [6.07, 6.45) is 2.42. The van der Waals surface area contributed by atoms with Gasteiger partial charge in [0.15, 0.2) is 5.82 Å². The molecule has 2 atom stereocenters. The molecular weight excluding hydrogens is 249 g/mol. The number of halogens is 1. The van der Waals surface area contributed by atoms with Gasteiger partial charge in [-0.25, -0.2) is 9.37 Å². The first-order valence-electron chi connectivity index (χ1n) is 6.31. The van der Waals surface area contributed by atoms with Crippen molar-refractivity contribution in [1.82, 2.24) is 14.8 Å². The van der Waals surface area contributed by atoms with Crippen LogP contribution in [0.15, 0.2) is 12.3 Å². The summed E-state index contributed by atoms with van der Waals surface area (Å²) in [4.78, 5) is 20.2. The van der Waals surface area contributed by atoms with Gasteiger partial charge in [0.1, 0.15) is 0 Å². The Kier molecular flexibility index (Phi) is 2.89. The second kappa shape index (κ2) is 4.45. The first-order valence-corrected chi connectivity index (χ1v) is 6.31. The maximum atomic E-state index is 13.6. The van der Waals surface area contributed by atoms with Gasteiger partial charge in [0.2, 0.25) is 5.88 Å². The molecule has 2 aliphatic rings. The number of carbonyl (C=O) groups is 1. The Morgan fingerprint density at radius 3 is 2.74 bits per heavy atom. The van der Waals surface area contributed by atoms with Crippen LogP contribution in [0.4, 0.5) is 4.39 Å². The van der Waals surface area contributed by atoms with E-state index in [1.54, 1.807) is 0 Å². The third-order valence-corrected chi connectivity index (χ3v) is 3.86. The fourth-order valence-corrected chi connectivity index (χ4v) is 2.99. The Hall–Kier alpha value is -1.69. The lowest BCUT2D eigenvalue weighted by atomic mass is 9.87. The number of nitrogens with zero attached hydrogens (tertiary/aromatic N) is 3. The van der Waals surface area contributed by atoms with Crippen molar-refractivity contribution in [3.63, 3.8) is 0 Å². The maximum Gasteiger partial charge on any atom is 0.256 e. The minimum Gasteiger partial charge on any atom is -0.479 e. The molecule has 6 heteroatoms. The van der Waals surface area contributed by atoms with Gasteiger partial charge in [-0.05, 0) is 19.5 Å². The Balaban J connectivity index is 1.80. The number of likely N-dealkylation sites (tertiary alicyclic amines) is 2. The molecule has 2 unspecified atom stereocenters. The van der Waals surface area contributed by atoms with Crippen molar-refractivity contribution in [2.75, 3.05) is 27.2 Å². The summed E-state index contributed by atoms with van der Waals surface area (Å²) < 4.78 is 18.3. The Bertz CT molecular complexity index is 511. The molecule has 0 saturated carbocycles. The highest BCUT2D eigenvalue weighted by Crippen LogP contribution is 2.33. The number of ether oxygens (including phenoxy) is 1. The van der Waals surface area contributed by atoms with E-state index in [4.69, 9.17) is 4.74 Å². The van der Waals surface area contributed by atoms with Gasteiger partial charge >= 0.3 is 0 Å². The number of pyridine rings is 1. The number of likely N-dealkylation sites (N-methyl/N-ethyl adjacent to an activating group) is 1. The van der Waals surface area contributed by atoms with E-state index in [9.17, 15) is 9.18 Å². The van der Waals surface area contributed by atoms with Crippen molar-refractivity contribution in [1.29, 1.82) is 0 Å². The van der Waals surface area contributed by atoms with Crippen LogP contribution in [0, 0.1) is 5.82 Å². The van der Waals surface area contributed by atoms with Gasteiger partial charge < -0.3 is 14.5 Å². The SMILES string of the molecule is COc1ncc(C(=O)N2C3CC2CN(C)C3)cc1F. The molecule has 2 aliphatic heterocycles. The number of rotatable bonds is 2. The predicted octanol–water partition coefficient (Wildman–Crippen LogP) is 0.758. The maximum absolute atomic E-state index is 13.6. The summed E-state index contributed by atoms with van der Waals surface area (Å²) in [6, 6.07) is 1.70. The smallest absolute Gasteiger partial charge is 0.256 e. The van der Waals surface area contributed by atoms with Gasteiger partial charge in [-0.2, -0.15) is 0 Å². The Morgan fingerprint density at radius 1 is 1.47 bits per heavy atom. The van der Waals surface area contributed by atoms with Crippen LogP contribution >= 0.6 is 0 Å². The third-order valence-electron chi connectivity index (χ3n) is 3.86. The fraction of sp³-hybridized carbons (Fsp3) is 0.538. The number of hydrogen-bond acceptors (Lipinski definition) is 4. The number of amides is 1. The number of fused-ring (bicyclic) bond motifs is 2. The van der Waals surface area contributed by atoms with E-state index in [0.717, 1.165) is 19.5 Å². The van der Waals surface area contributed by atoms with Crippen molar-refractivity contribution in [3.05, 3.63) is 23.6 Å². The summed E-state index contributed by atoms with van der Waals surface area (Å²) in [5.41, 5.74) is 0.289. The molecule has 5 nitrogen and oxygen atoms in total. The molecule has 102 valence electrons. The van der Waals surface area contributed by atoms with Gasteiger partial charge in [-0.15, -0.1) is 0 Å². The lowest BCUT2D eigenvalue weighted by molar-refractivity contribution is -0.0397. The monoisotopic (exact) mass is 265 g/mol. The average molecular weight is 265 g/mol. The number of carbonyl (C=O) groups excluding carboxylic acids is 1. The summed E-state index contributed by atoms with van der Waals surface area (Å²) in [5.74, 6) is -0.820. The van der Waals surface area contributed by atoms with Crippen molar-refractivity contribution in [2.45, 2.75) is 18.5 Å². The Labute approximate surface area is 111 Å². The van der Waals surface area contributed by atoms with Crippen molar-refractivity contribution in [3.8, 4) is 5.88 Å². The van der Waals surface area contributed by atoms with E-state index in [0.29, 0.717) is 0 Å². The molecule has 19 heavy (non-hydrogen) atoms. The number of methoxy groups -OCH3 is 1. The third kappa shape index (κ3) is 1.96. The van der Waals surface area contributed by atoms with Crippen LogP contribution in [-0.2, 0) is 0 Å². The highest BCUT2D eigenvalue weighted by Gasteiger charge is 2.46. The van der Waals surface area contributed by atoms with Gasteiger partial charge in [0.25, 0.3) is 5.91 Å². The second-order valence-corrected chi connectivity index (χ2v) is 5.19. The zero-order valence-corrected chi connectivity index (χ0v) is 11.0. The van der Waals surface area contributed by atoms with E-state index in [1.165, 1.54) is 19.4 Å². The molecule has 1 amide bonds. The van der Waals surface area contributed by atoms with Gasteiger partial charge in [-0.3, -0.25) is 4.79 Å². The van der Waals surface area contributed by atoms with Crippen LogP contribution in [0.1, 0.15) is 16.8 Å². The molecule has 0 radical (unpaired) electrons. The van der Waals surface area contributed by atoms with Crippen LogP contribution in [0.2, 0.25) is 0 Å². The number of hydrogen-bond donors (Lipinski definition) is 0. The predicted molar refractivity (Wildman–Crippen MR) is 66.6 cm³/mol. The van der Waals surface area contributed by atoms with Crippen LogP contribution in [0.25, 0.3) is 0 Å².